The number of thiocarbonyl (C=S) groups is 1. The molecule has 2 rings (SSSR count). The standard InChI is InChI=1S/C15H21N3S/c1-3-11(4-2)10-18-13-8-6-5-7-12(13)17-15(18)9-14(16)19/h5-8,11H,3-4,9-10H2,1-2H3,(H2,16,19). The van der Waals surface area contributed by atoms with Gasteiger partial charge in [-0.3, -0.25) is 0 Å². The SMILES string of the molecule is CCC(CC)Cn1c(CC(N)=S)nc2ccccc21. The predicted molar refractivity (Wildman–Crippen MR) is 84.3 cm³/mol. The topological polar surface area (TPSA) is 43.8 Å². The number of fused-ring (bicyclic) bond motifs is 1. The van der Waals surface area contributed by atoms with Crippen LogP contribution in [-0.4, -0.2) is 14.5 Å². The highest BCUT2D eigenvalue weighted by Gasteiger charge is 2.14. The molecule has 0 fully saturated rings. The Bertz CT molecular complexity index is 570. The first-order valence-electron chi connectivity index (χ1n) is 6.88. The normalized spacial score (nSPS) is 11.3. The Morgan fingerprint density at radius 2 is 2.00 bits per heavy atom. The average molecular weight is 275 g/mol. The van der Waals surface area contributed by atoms with Gasteiger partial charge in [0.05, 0.1) is 22.4 Å². The lowest BCUT2D eigenvalue weighted by molar-refractivity contribution is 0.419. The van der Waals surface area contributed by atoms with Gasteiger partial charge in [0.15, 0.2) is 0 Å². The van der Waals surface area contributed by atoms with Crippen molar-refractivity contribution in [1.82, 2.24) is 9.55 Å². The average Bonchev–Trinajstić information content (AvgIpc) is 2.72. The summed E-state index contributed by atoms with van der Waals surface area (Å²) in [6.45, 7) is 5.46. The maximum absolute atomic E-state index is 5.69. The molecule has 1 aromatic heterocycles. The minimum absolute atomic E-state index is 0.501. The number of nitrogens with zero attached hydrogens (tertiary/aromatic N) is 2. The minimum Gasteiger partial charge on any atom is -0.393 e. The second kappa shape index (κ2) is 6.15. The van der Waals surface area contributed by atoms with Crippen LogP contribution in [0.3, 0.4) is 0 Å². The van der Waals surface area contributed by atoms with Crippen molar-refractivity contribution in [2.75, 3.05) is 0 Å². The van der Waals surface area contributed by atoms with E-state index < -0.39 is 0 Å². The molecule has 0 unspecified atom stereocenters. The molecule has 0 aliphatic carbocycles. The number of hydrogen-bond acceptors (Lipinski definition) is 2. The first kappa shape index (κ1) is 14.0. The number of nitrogens with two attached hydrogens (primary N) is 1. The Hall–Kier alpha value is -1.42. The Kier molecular flexibility index (Phi) is 4.53. The van der Waals surface area contributed by atoms with Gasteiger partial charge in [0.2, 0.25) is 0 Å². The molecule has 0 bridgehead atoms. The van der Waals surface area contributed by atoms with Crippen molar-refractivity contribution in [3.63, 3.8) is 0 Å². The van der Waals surface area contributed by atoms with Crippen LogP contribution >= 0.6 is 12.2 Å². The maximum Gasteiger partial charge on any atom is 0.116 e. The fourth-order valence-corrected chi connectivity index (χ4v) is 2.55. The molecule has 0 saturated carbocycles. The van der Waals surface area contributed by atoms with Gasteiger partial charge in [0, 0.05) is 6.54 Å². The molecule has 19 heavy (non-hydrogen) atoms. The zero-order valence-electron chi connectivity index (χ0n) is 11.6. The summed E-state index contributed by atoms with van der Waals surface area (Å²) < 4.78 is 2.28. The summed E-state index contributed by atoms with van der Waals surface area (Å²) in [7, 11) is 0. The van der Waals surface area contributed by atoms with E-state index in [0.717, 1.165) is 17.9 Å². The molecule has 2 N–H and O–H groups in total. The van der Waals surface area contributed by atoms with Crippen molar-refractivity contribution >= 4 is 28.2 Å². The van der Waals surface area contributed by atoms with Crippen LogP contribution in [0.4, 0.5) is 0 Å². The molecular weight excluding hydrogens is 254 g/mol. The summed E-state index contributed by atoms with van der Waals surface area (Å²) in [6, 6.07) is 8.23. The zero-order chi connectivity index (χ0) is 13.8. The molecule has 3 nitrogen and oxygen atoms in total. The van der Waals surface area contributed by atoms with Gasteiger partial charge in [-0.25, -0.2) is 4.98 Å². The molecule has 0 amide bonds. The molecule has 0 radical (unpaired) electrons. The molecule has 0 spiro atoms. The number of para-hydroxylation sites is 2. The van der Waals surface area contributed by atoms with Crippen molar-refractivity contribution < 1.29 is 0 Å². The van der Waals surface area contributed by atoms with Gasteiger partial charge in [-0.1, -0.05) is 51.0 Å². The first-order chi connectivity index (χ1) is 9.15. The van der Waals surface area contributed by atoms with Crippen LogP contribution < -0.4 is 5.73 Å². The third kappa shape index (κ3) is 3.13. The minimum atomic E-state index is 0.501. The van der Waals surface area contributed by atoms with E-state index in [1.54, 1.807) is 0 Å². The van der Waals surface area contributed by atoms with Crippen LogP contribution in [0, 0.1) is 5.92 Å². The van der Waals surface area contributed by atoms with Gasteiger partial charge in [0.1, 0.15) is 5.82 Å². The van der Waals surface area contributed by atoms with Crippen LogP contribution in [0.5, 0.6) is 0 Å². The van der Waals surface area contributed by atoms with Gasteiger partial charge in [-0.05, 0) is 18.1 Å². The second-order valence-corrected chi connectivity index (χ2v) is 5.48. The number of aromatic nitrogens is 2. The van der Waals surface area contributed by atoms with Crippen LogP contribution in [-0.2, 0) is 13.0 Å². The van der Waals surface area contributed by atoms with E-state index >= 15 is 0 Å². The van der Waals surface area contributed by atoms with Crippen molar-refractivity contribution in [2.45, 2.75) is 39.7 Å². The van der Waals surface area contributed by atoms with Crippen LogP contribution in [0.2, 0.25) is 0 Å². The molecule has 0 saturated heterocycles. The second-order valence-electron chi connectivity index (χ2n) is 4.95. The summed E-state index contributed by atoms with van der Waals surface area (Å²) in [5.41, 5.74) is 7.90. The highest BCUT2D eigenvalue weighted by Crippen LogP contribution is 2.20. The number of benzene rings is 1. The monoisotopic (exact) mass is 275 g/mol. The molecule has 0 atom stereocenters. The fourth-order valence-electron chi connectivity index (χ4n) is 2.42. The lowest BCUT2D eigenvalue weighted by Crippen LogP contribution is -2.18. The maximum atomic E-state index is 5.69. The summed E-state index contributed by atoms with van der Waals surface area (Å²) >= 11 is 5.04. The van der Waals surface area contributed by atoms with E-state index in [-0.39, 0.29) is 0 Å². The third-order valence-corrected chi connectivity index (χ3v) is 3.81. The molecular formula is C15H21N3S. The third-order valence-electron chi connectivity index (χ3n) is 3.66. The molecule has 0 aliphatic heterocycles. The van der Waals surface area contributed by atoms with Gasteiger partial charge in [-0.2, -0.15) is 0 Å². The molecule has 0 aliphatic rings. The van der Waals surface area contributed by atoms with Crippen molar-refractivity contribution in [2.24, 2.45) is 11.7 Å². The van der Waals surface area contributed by atoms with Gasteiger partial charge >= 0.3 is 0 Å². The van der Waals surface area contributed by atoms with Gasteiger partial charge in [0.25, 0.3) is 0 Å². The number of hydrogen-bond donors (Lipinski definition) is 1. The van der Waals surface area contributed by atoms with E-state index in [1.807, 2.05) is 12.1 Å². The van der Waals surface area contributed by atoms with Crippen molar-refractivity contribution in [3.8, 4) is 0 Å². The smallest absolute Gasteiger partial charge is 0.116 e. The lowest BCUT2D eigenvalue weighted by Gasteiger charge is -2.16. The summed E-state index contributed by atoms with van der Waals surface area (Å²) in [4.78, 5) is 5.17. The van der Waals surface area contributed by atoms with Crippen molar-refractivity contribution in [3.05, 3.63) is 30.1 Å². The molecule has 2 aromatic rings. The number of imidazole rings is 1. The zero-order valence-corrected chi connectivity index (χ0v) is 12.4. The quantitative estimate of drug-likeness (QED) is 0.823. The lowest BCUT2D eigenvalue weighted by atomic mass is 10.0. The Morgan fingerprint density at radius 1 is 1.32 bits per heavy atom. The van der Waals surface area contributed by atoms with Gasteiger partial charge < -0.3 is 10.3 Å². The van der Waals surface area contributed by atoms with E-state index in [9.17, 15) is 0 Å². The largest absolute Gasteiger partial charge is 0.393 e. The highest BCUT2D eigenvalue weighted by molar-refractivity contribution is 7.80. The van der Waals surface area contributed by atoms with E-state index in [0.29, 0.717) is 17.3 Å². The van der Waals surface area contributed by atoms with E-state index in [2.05, 4.69) is 35.5 Å². The molecule has 1 aromatic carbocycles. The Morgan fingerprint density at radius 3 is 2.63 bits per heavy atom. The highest BCUT2D eigenvalue weighted by atomic mass is 32.1. The van der Waals surface area contributed by atoms with Crippen LogP contribution in [0.1, 0.15) is 32.5 Å². The number of rotatable bonds is 6. The first-order valence-corrected chi connectivity index (χ1v) is 7.29. The Balaban J connectivity index is 2.44. The fraction of sp³-hybridized carbons (Fsp3) is 0.467. The summed E-state index contributed by atoms with van der Waals surface area (Å²) in [6.07, 6.45) is 2.93. The molecule has 1 heterocycles. The Labute approximate surface area is 119 Å². The van der Waals surface area contributed by atoms with Crippen molar-refractivity contribution in [1.29, 1.82) is 0 Å². The summed E-state index contributed by atoms with van der Waals surface area (Å²) in [5.74, 6) is 1.66. The van der Waals surface area contributed by atoms with Gasteiger partial charge in [-0.15, -0.1) is 0 Å². The van der Waals surface area contributed by atoms with E-state index in [1.165, 1.54) is 18.4 Å². The van der Waals surface area contributed by atoms with E-state index in [4.69, 9.17) is 18.0 Å². The summed E-state index contributed by atoms with van der Waals surface area (Å²) in [5, 5.41) is 0. The molecule has 4 heteroatoms. The van der Waals surface area contributed by atoms with Crippen LogP contribution in [0.15, 0.2) is 24.3 Å². The van der Waals surface area contributed by atoms with Crippen LogP contribution in [0.25, 0.3) is 11.0 Å². The predicted octanol–water partition coefficient (Wildman–Crippen LogP) is 3.30. The molecule has 102 valence electrons.